The summed E-state index contributed by atoms with van der Waals surface area (Å²) in [5.74, 6) is 0. The fourth-order valence-electron chi connectivity index (χ4n) is 2.96. The van der Waals surface area contributed by atoms with Gasteiger partial charge < -0.3 is 0 Å². The molecule has 0 nitrogen and oxygen atoms in total. The molecule has 0 N–H and O–H groups in total. The Morgan fingerprint density at radius 3 is 1.44 bits per heavy atom. The second kappa shape index (κ2) is 7.87. The van der Waals surface area contributed by atoms with E-state index in [1.807, 2.05) is 0 Å². The number of hydrogen-bond acceptors (Lipinski definition) is 0. The molecule has 0 atom stereocenters. The van der Waals surface area contributed by atoms with Gasteiger partial charge in [0.15, 0.2) is 0 Å². The number of benzene rings is 2. The Morgan fingerprint density at radius 1 is 0.680 bits per heavy atom. The molecule has 132 valence electrons. The standard InChI is InChI=1S/C25H32/c1-7-25(5,6)23(19-21-16-12-9-13-17-21)22(24(2,3)4)18-20-14-10-8-11-15-20/h8-19H,7H2,1-6H3. The maximum absolute atomic E-state index is 2.38. The van der Waals surface area contributed by atoms with Crippen LogP contribution in [0.5, 0.6) is 0 Å². The smallest absolute Gasteiger partial charge is 0.0103 e. The summed E-state index contributed by atoms with van der Waals surface area (Å²) in [6.45, 7) is 13.9. The van der Waals surface area contributed by atoms with E-state index in [-0.39, 0.29) is 10.8 Å². The molecule has 0 saturated heterocycles. The Kier molecular flexibility index (Phi) is 6.06. The highest BCUT2D eigenvalue weighted by atomic mass is 14.3. The Labute approximate surface area is 154 Å². The predicted octanol–water partition coefficient (Wildman–Crippen LogP) is 7.64. The maximum atomic E-state index is 2.38. The third-order valence-electron chi connectivity index (χ3n) is 4.93. The van der Waals surface area contributed by atoms with E-state index < -0.39 is 0 Å². The molecule has 0 unspecified atom stereocenters. The van der Waals surface area contributed by atoms with Crippen LogP contribution in [-0.2, 0) is 0 Å². The van der Waals surface area contributed by atoms with E-state index in [1.165, 1.54) is 22.3 Å². The largest absolute Gasteiger partial charge is 0.0646 e. The van der Waals surface area contributed by atoms with Crippen LogP contribution < -0.4 is 0 Å². The lowest BCUT2D eigenvalue weighted by atomic mass is 9.69. The van der Waals surface area contributed by atoms with Gasteiger partial charge in [0, 0.05) is 0 Å². The Morgan fingerprint density at radius 2 is 1.08 bits per heavy atom. The van der Waals surface area contributed by atoms with Crippen molar-refractivity contribution in [1.29, 1.82) is 0 Å². The fraction of sp³-hybridized carbons (Fsp3) is 0.360. The first-order valence-electron chi connectivity index (χ1n) is 9.29. The van der Waals surface area contributed by atoms with Crippen molar-refractivity contribution in [2.45, 2.75) is 48.0 Å². The Bertz CT molecular complexity index is 723. The molecule has 0 aliphatic rings. The third-order valence-corrected chi connectivity index (χ3v) is 4.93. The number of allylic oxidation sites excluding steroid dienone is 2. The lowest BCUT2D eigenvalue weighted by Gasteiger charge is -2.35. The minimum absolute atomic E-state index is 0.0723. The summed E-state index contributed by atoms with van der Waals surface area (Å²) in [7, 11) is 0. The summed E-state index contributed by atoms with van der Waals surface area (Å²) in [5.41, 5.74) is 5.56. The molecule has 0 heteroatoms. The van der Waals surface area contributed by atoms with Crippen molar-refractivity contribution in [1.82, 2.24) is 0 Å². The minimum atomic E-state index is 0.0723. The van der Waals surface area contributed by atoms with E-state index in [1.54, 1.807) is 0 Å². The lowest BCUT2D eigenvalue weighted by Crippen LogP contribution is -2.22. The number of rotatable bonds is 5. The van der Waals surface area contributed by atoms with Crippen molar-refractivity contribution in [2.75, 3.05) is 0 Å². The monoisotopic (exact) mass is 332 g/mol. The highest BCUT2D eigenvalue weighted by molar-refractivity contribution is 5.68. The van der Waals surface area contributed by atoms with Crippen LogP contribution in [-0.4, -0.2) is 0 Å². The van der Waals surface area contributed by atoms with Gasteiger partial charge in [-0.15, -0.1) is 0 Å². The summed E-state index contributed by atoms with van der Waals surface area (Å²) in [5, 5.41) is 0. The Balaban J connectivity index is 2.67. The molecular weight excluding hydrogens is 300 g/mol. The van der Waals surface area contributed by atoms with E-state index in [4.69, 9.17) is 0 Å². The van der Waals surface area contributed by atoms with Crippen molar-refractivity contribution in [3.8, 4) is 0 Å². The van der Waals surface area contributed by atoms with Crippen LogP contribution in [0, 0.1) is 10.8 Å². The highest BCUT2D eigenvalue weighted by Gasteiger charge is 2.30. The van der Waals surface area contributed by atoms with E-state index in [0.29, 0.717) is 0 Å². The molecular formula is C25H32. The molecule has 0 radical (unpaired) electrons. The molecule has 0 heterocycles. The van der Waals surface area contributed by atoms with Gasteiger partial charge in [0.1, 0.15) is 0 Å². The van der Waals surface area contributed by atoms with Crippen molar-refractivity contribution >= 4 is 12.2 Å². The molecule has 0 bridgehead atoms. The first kappa shape index (κ1) is 19.2. The Hall–Kier alpha value is -2.08. The van der Waals surface area contributed by atoms with Gasteiger partial charge in [-0.1, -0.05) is 114 Å². The van der Waals surface area contributed by atoms with Gasteiger partial charge >= 0.3 is 0 Å². The summed E-state index contributed by atoms with van der Waals surface area (Å²) >= 11 is 0. The van der Waals surface area contributed by atoms with Crippen LogP contribution in [0.25, 0.3) is 12.2 Å². The van der Waals surface area contributed by atoms with Gasteiger partial charge in [-0.2, -0.15) is 0 Å². The second-order valence-corrected chi connectivity index (χ2v) is 8.42. The quantitative estimate of drug-likeness (QED) is 0.493. The third kappa shape index (κ3) is 5.19. The molecule has 0 spiro atoms. The van der Waals surface area contributed by atoms with Crippen LogP contribution in [0.3, 0.4) is 0 Å². The summed E-state index contributed by atoms with van der Waals surface area (Å²) in [6, 6.07) is 21.3. The topological polar surface area (TPSA) is 0 Å². The van der Waals surface area contributed by atoms with Crippen molar-refractivity contribution < 1.29 is 0 Å². The zero-order valence-corrected chi connectivity index (χ0v) is 16.6. The first-order valence-corrected chi connectivity index (χ1v) is 9.29. The van der Waals surface area contributed by atoms with Gasteiger partial charge in [0.25, 0.3) is 0 Å². The normalized spacial score (nSPS) is 13.8. The van der Waals surface area contributed by atoms with Crippen molar-refractivity contribution in [3.05, 3.63) is 82.9 Å². The number of hydrogen-bond donors (Lipinski definition) is 0. The summed E-state index contributed by atoms with van der Waals surface area (Å²) in [4.78, 5) is 0. The average Bonchev–Trinajstić information content (AvgIpc) is 2.59. The van der Waals surface area contributed by atoms with Gasteiger partial charge in [-0.05, 0) is 39.5 Å². The molecule has 25 heavy (non-hydrogen) atoms. The molecule has 2 aromatic rings. The molecule has 0 aliphatic heterocycles. The van der Waals surface area contributed by atoms with Gasteiger partial charge in [0.2, 0.25) is 0 Å². The molecule has 0 aliphatic carbocycles. The van der Waals surface area contributed by atoms with Gasteiger partial charge in [-0.25, -0.2) is 0 Å². The SMILES string of the molecule is CCC(C)(C)C(=Cc1ccccc1)C(=Cc1ccccc1)C(C)(C)C. The van der Waals surface area contributed by atoms with Crippen LogP contribution in [0.2, 0.25) is 0 Å². The van der Waals surface area contributed by atoms with Gasteiger partial charge in [0.05, 0.1) is 0 Å². The average molecular weight is 333 g/mol. The zero-order valence-electron chi connectivity index (χ0n) is 16.6. The van der Waals surface area contributed by atoms with E-state index in [0.717, 1.165) is 6.42 Å². The van der Waals surface area contributed by atoms with E-state index >= 15 is 0 Å². The fourth-order valence-corrected chi connectivity index (χ4v) is 2.96. The van der Waals surface area contributed by atoms with Gasteiger partial charge in [-0.3, -0.25) is 0 Å². The maximum Gasteiger partial charge on any atom is -0.0103 e. The zero-order chi connectivity index (χ0) is 18.5. The molecule has 0 amide bonds. The summed E-state index contributed by atoms with van der Waals surface area (Å²) in [6.07, 6.45) is 5.85. The van der Waals surface area contributed by atoms with Crippen LogP contribution in [0.15, 0.2) is 71.8 Å². The predicted molar refractivity (Wildman–Crippen MR) is 112 cm³/mol. The molecule has 0 saturated carbocycles. The van der Waals surface area contributed by atoms with Crippen LogP contribution in [0.4, 0.5) is 0 Å². The van der Waals surface area contributed by atoms with E-state index in [9.17, 15) is 0 Å². The first-order chi connectivity index (χ1) is 11.7. The van der Waals surface area contributed by atoms with Crippen LogP contribution >= 0.6 is 0 Å². The second-order valence-electron chi connectivity index (χ2n) is 8.42. The molecule has 0 aromatic heterocycles. The molecule has 0 fully saturated rings. The molecule has 2 aromatic carbocycles. The van der Waals surface area contributed by atoms with Crippen LogP contribution in [0.1, 0.15) is 59.1 Å². The van der Waals surface area contributed by atoms with Crippen molar-refractivity contribution in [2.24, 2.45) is 10.8 Å². The lowest BCUT2D eigenvalue weighted by molar-refractivity contribution is 0.407. The minimum Gasteiger partial charge on any atom is -0.0646 e. The highest BCUT2D eigenvalue weighted by Crippen LogP contribution is 2.44. The van der Waals surface area contributed by atoms with Crippen molar-refractivity contribution in [3.63, 3.8) is 0 Å². The molecule has 2 rings (SSSR count). The van der Waals surface area contributed by atoms with E-state index in [2.05, 4.69) is 114 Å². The summed E-state index contributed by atoms with van der Waals surface area (Å²) < 4.78 is 0.